The van der Waals surface area contributed by atoms with E-state index < -0.39 is 5.92 Å². The molecule has 0 saturated carbocycles. The third-order valence-electron chi connectivity index (χ3n) is 5.83. The highest BCUT2D eigenvalue weighted by atomic mass is 32.1. The summed E-state index contributed by atoms with van der Waals surface area (Å²) in [6.45, 7) is 4.93. The van der Waals surface area contributed by atoms with Gasteiger partial charge in [0.2, 0.25) is 5.95 Å². The van der Waals surface area contributed by atoms with Gasteiger partial charge in [-0.1, -0.05) is 43.0 Å². The van der Waals surface area contributed by atoms with Gasteiger partial charge in [-0.2, -0.15) is 5.10 Å². The third kappa shape index (κ3) is 4.42. The first-order chi connectivity index (χ1) is 16.7. The second kappa shape index (κ2) is 8.66. The van der Waals surface area contributed by atoms with Crippen LogP contribution >= 0.6 is 11.3 Å². The van der Waals surface area contributed by atoms with Gasteiger partial charge < -0.3 is 15.6 Å². The summed E-state index contributed by atoms with van der Waals surface area (Å²) in [7, 11) is 1.84. The van der Waals surface area contributed by atoms with Crippen LogP contribution in [0.5, 0.6) is 0 Å². The van der Waals surface area contributed by atoms with E-state index in [1.165, 1.54) is 6.07 Å². The molecule has 0 aliphatic rings. The second-order valence-corrected chi connectivity index (χ2v) is 9.38. The maximum Gasteiger partial charge on any atom is 0.270 e. The minimum Gasteiger partial charge on any atom is -0.399 e. The number of aryl methyl sites for hydroxylation is 1. The van der Waals surface area contributed by atoms with E-state index in [2.05, 4.69) is 17.0 Å². The molecule has 0 unspecified atom stereocenters. The zero-order chi connectivity index (χ0) is 24.7. The zero-order valence-electron chi connectivity index (χ0n) is 19.3. The molecule has 5 aromatic rings. The number of rotatable bonds is 7. The number of fused-ring (bicyclic) bond motifs is 1. The predicted molar refractivity (Wildman–Crippen MR) is 138 cm³/mol. The molecule has 0 spiro atoms. The minimum atomic E-state index is -2.97. The average Bonchev–Trinajstić information content (AvgIpc) is 3.54. The Kier molecular flexibility index (Phi) is 5.64. The van der Waals surface area contributed by atoms with Crippen molar-refractivity contribution < 1.29 is 8.78 Å². The Labute approximate surface area is 205 Å². The molecule has 0 fully saturated rings. The SMILES string of the molecule is C=C(N)c1ccc2c(c1)nc(Nc1cc(-c3cccs3)nn1C)n2Cc1ccccc1C(C)(F)F. The Morgan fingerprint density at radius 1 is 1.14 bits per heavy atom. The highest BCUT2D eigenvalue weighted by molar-refractivity contribution is 7.13. The number of benzene rings is 2. The van der Waals surface area contributed by atoms with Gasteiger partial charge in [0.25, 0.3) is 5.92 Å². The lowest BCUT2D eigenvalue weighted by Crippen LogP contribution is -2.14. The fraction of sp³-hybridized carbons (Fsp3) is 0.154. The molecule has 3 N–H and O–H groups in total. The fourth-order valence-corrected chi connectivity index (χ4v) is 4.77. The molecule has 0 aliphatic heterocycles. The van der Waals surface area contributed by atoms with Crippen LogP contribution in [0.3, 0.4) is 0 Å². The largest absolute Gasteiger partial charge is 0.399 e. The molecule has 2 aromatic carbocycles. The topological polar surface area (TPSA) is 73.7 Å². The zero-order valence-corrected chi connectivity index (χ0v) is 20.1. The molecule has 0 aliphatic carbocycles. The molecule has 0 atom stereocenters. The van der Waals surface area contributed by atoms with Crippen molar-refractivity contribution in [3.63, 3.8) is 0 Å². The summed E-state index contributed by atoms with van der Waals surface area (Å²) < 4.78 is 32.4. The number of nitrogens with two attached hydrogens (primary N) is 1. The van der Waals surface area contributed by atoms with Crippen molar-refractivity contribution in [1.82, 2.24) is 19.3 Å². The van der Waals surface area contributed by atoms with E-state index in [1.54, 1.807) is 34.2 Å². The van der Waals surface area contributed by atoms with Crippen molar-refractivity contribution in [2.45, 2.75) is 19.4 Å². The lowest BCUT2D eigenvalue weighted by molar-refractivity contribution is 0.0165. The maximum absolute atomic E-state index is 14.4. The van der Waals surface area contributed by atoms with E-state index in [1.807, 2.05) is 53.4 Å². The van der Waals surface area contributed by atoms with Crippen molar-refractivity contribution in [2.75, 3.05) is 5.32 Å². The highest BCUT2D eigenvalue weighted by Gasteiger charge is 2.27. The van der Waals surface area contributed by atoms with Gasteiger partial charge in [-0.25, -0.2) is 13.8 Å². The molecule has 0 radical (unpaired) electrons. The van der Waals surface area contributed by atoms with Gasteiger partial charge in [-0.3, -0.25) is 4.68 Å². The Morgan fingerprint density at radius 3 is 2.66 bits per heavy atom. The third-order valence-corrected chi connectivity index (χ3v) is 6.72. The number of halogens is 2. The summed E-state index contributed by atoms with van der Waals surface area (Å²) >= 11 is 1.61. The summed E-state index contributed by atoms with van der Waals surface area (Å²) in [6, 6.07) is 18.1. The first-order valence-corrected chi connectivity index (χ1v) is 11.8. The normalized spacial score (nSPS) is 11.8. The molecule has 3 aromatic heterocycles. The van der Waals surface area contributed by atoms with Gasteiger partial charge >= 0.3 is 0 Å². The lowest BCUT2D eigenvalue weighted by atomic mass is 10.0. The van der Waals surface area contributed by atoms with E-state index >= 15 is 0 Å². The Bertz CT molecular complexity index is 1530. The molecule has 5 rings (SSSR count). The first-order valence-electron chi connectivity index (χ1n) is 11.0. The van der Waals surface area contributed by atoms with Crippen LogP contribution in [0, 0.1) is 0 Å². The molecule has 9 heteroatoms. The standard InChI is InChI=1S/C26H24F2N6S/c1-16(29)17-10-11-22-20(13-17)30-25(31-24-14-21(32-33(24)3)23-9-6-12-35-23)34(22)15-18-7-4-5-8-19(18)26(2,27)28/h4-14H,1,15,29H2,2-3H3,(H,30,31). The number of nitrogens with one attached hydrogen (secondary N) is 1. The van der Waals surface area contributed by atoms with Gasteiger partial charge in [0.15, 0.2) is 0 Å². The van der Waals surface area contributed by atoms with Gasteiger partial charge in [-0.15, -0.1) is 11.3 Å². The monoisotopic (exact) mass is 490 g/mol. The van der Waals surface area contributed by atoms with Gasteiger partial charge in [0.05, 0.1) is 22.5 Å². The summed E-state index contributed by atoms with van der Waals surface area (Å²) in [5.74, 6) is -1.74. The number of hydrogen-bond acceptors (Lipinski definition) is 5. The number of imidazole rings is 1. The Hall–Kier alpha value is -3.98. The van der Waals surface area contributed by atoms with E-state index in [4.69, 9.17) is 10.7 Å². The predicted octanol–water partition coefficient (Wildman–Crippen LogP) is 6.33. The molecule has 35 heavy (non-hydrogen) atoms. The van der Waals surface area contributed by atoms with Crippen molar-refractivity contribution in [3.05, 3.63) is 89.3 Å². The molecule has 3 heterocycles. The van der Waals surface area contributed by atoms with Crippen molar-refractivity contribution in [1.29, 1.82) is 0 Å². The fourth-order valence-electron chi connectivity index (χ4n) is 4.09. The molecule has 0 bridgehead atoms. The van der Waals surface area contributed by atoms with E-state index in [9.17, 15) is 8.78 Å². The average molecular weight is 491 g/mol. The second-order valence-electron chi connectivity index (χ2n) is 8.44. The Balaban J connectivity index is 1.61. The van der Waals surface area contributed by atoms with Crippen LogP contribution in [0.1, 0.15) is 23.6 Å². The first kappa shape index (κ1) is 22.8. The Morgan fingerprint density at radius 2 is 1.94 bits per heavy atom. The van der Waals surface area contributed by atoms with Crippen LogP contribution in [0.4, 0.5) is 20.5 Å². The van der Waals surface area contributed by atoms with E-state index in [0.29, 0.717) is 22.7 Å². The van der Waals surface area contributed by atoms with Crippen LogP contribution in [-0.2, 0) is 19.5 Å². The van der Waals surface area contributed by atoms with Crippen LogP contribution in [0.15, 0.2) is 72.6 Å². The van der Waals surface area contributed by atoms with Crippen LogP contribution in [-0.4, -0.2) is 19.3 Å². The summed E-state index contributed by atoms with van der Waals surface area (Å²) in [5, 5.41) is 9.96. The number of aromatic nitrogens is 4. The number of anilines is 2. The maximum atomic E-state index is 14.4. The van der Waals surface area contributed by atoms with E-state index in [-0.39, 0.29) is 12.1 Å². The molecule has 0 amide bonds. The van der Waals surface area contributed by atoms with Crippen LogP contribution < -0.4 is 11.1 Å². The number of alkyl halides is 2. The van der Waals surface area contributed by atoms with Gasteiger partial charge in [0, 0.05) is 31.3 Å². The van der Waals surface area contributed by atoms with Crippen LogP contribution in [0.2, 0.25) is 0 Å². The summed E-state index contributed by atoms with van der Waals surface area (Å²) in [4.78, 5) is 5.83. The van der Waals surface area contributed by atoms with E-state index in [0.717, 1.165) is 34.4 Å². The lowest BCUT2D eigenvalue weighted by Gasteiger charge is -2.18. The van der Waals surface area contributed by atoms with Gasteiger partial charge in [0.1, 0.15) is 11.5 Å². The molecular weight excluding hydrogens is 466 g/mol. The van der Waals surface area contributed by atoms with Crippen molar-refractivity contribution in [2.24, 2.45) is 12.8 Å². The number of nitrogens with zero attached hydrogens (tertiary/aromatic N) is 4. The molecule has 0 saturated heterocycles. The smallest absolute Gasteiger partial charge is 0.270 e. The number of hydrogen-bond donors (Lipinski definition) is 2. The summed E-state index contributed by atoms with van der Waals surface area (Å²) in [6.07, 6.45) is 0. The molecule has 178 valence electrons. The van der Waals surface area contributed by atoms with Crippen molar-refractivity contribution in [3.8, 4) is 10.6 Å². The highest BCUT2D eigenvalue weighted by Crippen LogP contribution is 2.33. The summed E-state index contributed by atoms with van der Waals surface area (Å²) in [5.41, 5.74) is 9.88. The van der Waals surface area contributed by atoms with Crippen molar-refractivity contribution >= 4 is 39.8 Å². The van der Waals surface area contributed by atoms with Gasteiger partial charge in [-0.05, 0) is 34.7 Å². The van der Waals surface area contributed by atoms with Crippen LogP contribution in [0.25, 0.3) is 27.3 Å². The number of thiophene rings is 1. The minimum absolute atomic E-state index is 0.0136. The molecule has 6 nitrogen and oxygen atoms in total. The quantitative estimate of drug-likeness (QED) is 0.280. The molecular formula is C26H24F2N6S.